The highest BCUT2D eigenvalue weighted by atomic mass is 19.4. The Hall–Kier alpha value is -1.07. The maximum Gasteiger partial charge on any atom is 0.430 e. The molecule has 0 radical (unpaired) electrons. The molecule has 1 nitrogen and oxygen atoms in total. The summed E-state index contributed by atoms with van der Waals surface area (Å²) in [5.74, 6) is -15.9. The Morgan fingerprint density at radius 1 is 0.850 bits per heavy atom. The van der Waals surface area contributed by atoms with Gasteiger partial charge in [0.15, 0.2) is 0 Å². The van der Waals surface area contributed by atoms with Crippen LogP contribution >= 0.6 is 0 Å². The number of rotatable bonds is 6. The van der Waals surface area contributed by atoms with Gasteiger partial charge in [-0.1, -0.05) is 6.92 Å². The number of alkyl halides is 8. The van der Waals surface area contributed by atoms with E-state index in [1.54, 1.807) is 0 Å². The Labute approximate surface area is 104 Å². The third-order valence-electron chi connectivity index (χ3n) is 1.95. The van der Waals surface area contributed by atoms with Gasteiger partial charge in [-0.3, -0.25) is 0 Å². The first-order chi connectivity index (χ1) is 8.62. The van der Waals surface area contributed by atoms with E-state index in [0.717, 1.165) is 0 Å². The molecular formula is C8H5F11O. The van der Waals surface area contributed by atoms with Crippen molar-refractivity contribution in [2.24, 2.45) is 0 Å². The average molecular weight is 326 g/mol. The summed E-state index contributed by atoms with van der Waals surface area (Å²) in [5, 5.41) is 0. The first-order valence-electron chi connectivity index (χ1n) is 4.55. The van der Waals surface area contributed by atoms with E-state index in [1.165, 1.54) is 0 Å². The highest BCUT2D eigenvalue weighted by Crippen LogP contribution is 2.50. The van der Waals surface area contributed by atoms with Gasteiger partial charge in [0.2, 0.25) is 0 Å². The van der Waals surface area contributed by atoms with Crippen LogP contribution in [0.15, 0.2) is 11.9 Å². The maximum atomic E-state index is 12.7. The molecular weight excluding hydrogens is 321 g/mol. The molecule has 120 valence electrons. The first kappa shape index (κ1) is 18.9. The molecule has 0 bridgehead atoms. The third-order valence-corrected chi connectivity index (χ3v) is 1.95. The van der Waals surface area contributed by atoms with E-state index in [2.05, 4.69) is 0 Å². The minimum absolute atomic E-state index is 0.323. The zero-order valence-electron chi connectivity index (χ0n) is 9.27. The van der Waals surface area contributed by atoms with Gasteiger partial charge in [0.25, 0.3) is 5.83 Å². The van der Waals surface area contributed by atoms with E-state index in [4.69, 9.17) is 0 Å². The van der Waals surface area contributed by atoms with Crippen LogP contribution in [0.5, 0.6) is 0 Å². The molecule has 0 rings (SSSR count). The van der Waals surface area contributed by atoms with Crippen molar-refractivity contribution in [3.05, 3.63) is 11.9 Å². The van der Waals surface area contributed by atoms with Gasteiger partial charge in [-0.2, -0.15) is 48.3 Å². The third kappa shape index (κ3) is 3.33. The summed E-state index contributed by atoms with van der Waals surface area (Å²) in [7, 11) is 0. The molecule has 12 heteroatoms. The van der Waals surface area contributed by atoms with Crippen LogP contribution in [0.25, 0.3) is 0 Å². The first-order valence-corrected chi connectivity index (χ1v) is 4.55. The summed E-state index contributed by atoms with van der Waals surface area (Å²) in [6, 6.07) is 0. The summed E-state index contributed by atoms with van der Waals surface area (Å²) in [4.78, 5) is 0. The van der Waals surface area contributed by atoms with E-state index < -0.39 is 42.4 Å². The van der Waals surface area contributed by atoms with E-state index >= 15 is 0 Å². The molecule has 0 amide bonds. The Morgan fingerprint density at radius 2 is 1.25 bits per heavy atom. The van der Waals surface area contributed by atoms with Crippen LogP contribution in [0.2, 0.25) is 0 Å². The van der Waals surface area contributed by atoms with Gasteiger partial charge in [0, 0.05) is 6.42 Å². The molecule has 0 spiro atoms. The molecule has 0 saturated heterocycles. The molecule has 0 atom stereocenters. The van der Waals surface area contributed by atoms with Gasteiger partial charge in [-0.25, -0.2) is 4.74 Å². The van der Waals surface area contributed by atoms with Crippen LogP contribution in [-0.4, -0.2) is 24.1 Å². The Bertz CT molecular complexity index is 382. The molecule has 0 aliphatic heterocycles. The molecule has 0 fully saturated rings. The largest absolute Gasteiger partial charge is 0.430 e. The summed E-state index contributed by atoms with van der Waals surface area (Å²) in [6.45, 7) is 0.323. The number of hydrogen-bond acceptors (Lipinski definition) is 1. The smallest absolute Gasteiger partial charge is 0.244 e. The van der Waals surface area contributed by atoms with Crippen molar-refractivity contribution in [2.75, 3.05) is 0 Å². The second kappa shape index (κ2) is 5.37. The molecule has 0 N–H and O–H groups in total. The molecule has 0 aromatic carbocycles. The predicted molar refractivity (Wildman–Crippen MR) is 41.5 cm³/mol. The number of halogens is 11. The van der Waals surface area contributed by atoms with Crippen molar-refractivity contribution in [3.63, 3.8) is 0 Å². The standard InChI is InChI=1S/C8H5F11O/c1-2-5(12,13)7(16,17)8(18,19)20-6(14,15)3(9)4(10)11/h2H2,1H3. The lowest BCUT2D eigenvalue weighted by Gasteiger charge is -2.33. The van der Waals surface area contributed by atoms with Crippen LogP contribution in [0, 0.1) is 0 Å². The van der Waals surface area contributed by atoms with Crippen LogP contribution in [0.4, 0.5) is 48.3 Å². The summed E-state index contributed by atoms with van der Waals surface area (Å²) >= 11 is 0. The Kier molecular flexibility index (Phi) is 5.08. The summed E-state index contributed by atoms with van der Waals surface area (Å²) in [5.41, 5.74) is 0. The monoisotopic (exact) mass is 326 g/mol. The van der Waals surface area contributed by atoms with E-state index in [9.17, 15) is 48.3 Å². The molecule has 0 aromatic rings. The van der Waals surface area contributed by atoms with Gasteiger partial charge in [0.1, 0.15) is 0 Å². The molecule has 0 aliphatic rings. The van der Waals surface area contributed by atoms with Gasteiger partial charge in [-0.05, 0) is 0 Å². The lowest BCUT2D eigenvalue weighted by atomic mass is 10.1. The zero-order chi connectivity index (χ0) is 16.6. The fraction of sp³-hybridized carbons (Fsp3) is 0.750. The van der Waals surface area contributed by atoms with Crippen molar-refractivity contribution >= 4 is 0 Å². The van der Waals surface area contributed by atoms with Crippen molar-refractivity contribution in [3.8, 4) is 0 Å². The minimum atomic E-state index is -6.61. The number of ether oxygens (including phenoxy) is 1. The van der Waals surface area contributed by atoms with Crippen molar-refractivity contribution < 1.29 is 53.0 Å². The van der Waals surface area contributed by atoms with E-state index in [1.807, 2.05) is 4.74 Å². The zero-order valence-corrected chi connectivity index (χ0v) is 9.27. The Balaban J connectivity index is 5.53. The van der Waals surface area contributed by atoms with Gasteiger partial charge in [0.05, 0.1) is 0 Å². The predicted octanol–water partition coefficient (Wildman–Crippen LogP) is 4.95. The number of hydrogen-bond donors (Lipinski definition) is 0. The van der Waals surface area contributed by atoms with Crippen molar-refractivity contribution in [1.29, 1.82) is 0 Å². The van der Waals surface area contributed by atoms with Gasteiger partial charge in [-0.15, -0.1) is 0 Å². The molecule has 20 heavy (non-hydrogen) atoms. The topological polar surface area (TPSA) is 9.23 Å². The quantitative estimate of drug-likeness (QED) is 0.628. The normalized spacial score (nSPS) is 14.4. The summed E-state index contributed by atoms with van der Waals surface area (Å²) < 4.78 is 137. The van der Waals surface area contributed by atoms with Crippen molar-refractivity contribution in [1.82, 2.24) is 0 Å². The molecule has 0 heterocycles. The van der Waals surface area contributed by atoms with Crippen molar-refractivity contribution in [2.45, 2.75) is 37.4 Å². The van der Waals surface area contributed by atoms with E-state index in [-0.39, 0.29) is 0 Å². The van der Waals surface area contributed by atoms with E-state index in [0.29, 0.717) is 6.92 Å². The Morgan fingerprint density at radius 3 is 1.55 bits per heavy atom. The second-order valence-electron chi connectivity index (χ2n) is 3.34. The average Bonchev–Trinajstić information content (AvgIpc) is 2.25. The molecule has 0 saturated carbocycles. The lowest BCUT2D eigenvalue weighted by molar-refractivity contribution is -0.452. The molecule has 0 aliphatic carbocycles. The molecule has 0 unspecified atom stereocenters. The molecule has 0 aromatic heterocycles. The summed E-state index contributed by atoms with van der Waals surface area (Å²) in [6.07, 6.45) is -18.6. The minimum Gasteiger partial charge on any atom is -0.244 e. The van der Waals surface area contributed by atoms with Crippen LogP contribution in [0.1, 0.15) is 13.3 Å². The lowest BCUT2D eigenvalue weighted by Crippen LogP contribution is -2.57. The SMILES string of the molecule is CCC(F)(F)C(F)(F)C(F)(F)OC(F)(F)C(F)=C(F)F. The maximum absolute atomic E-state index is 12.7. The highest BCUT2D eigenvalue weighted by Gasteiger charge is 2.74. The fourth-order valence-electron chi connectivity index (χ4n) is 0.815. The highest BCUT2D eigenvalue weighted by molar-refractivity contribution is 5.01. The fourth-order valence-corrected chi connectivity index (χ4v) is 0.815. The van der Waals surface area contributed by atoms with Crippen LogP contribution < -0.4 is 0 Å². The van der Waals surface area contributed by atoms with Gasteiger partial charge < -0.3 is 0 Å². The second-order valence-corrected chi connectivity index (χ2v) is 3.34. The van der Waals surface area contributed by atoms with Crippen LogP contribution in [0.3, 0.4) is 0 Å². The van der Waals surface area contributed by atoms with Crippen LogP contribution in [-0.2, 0) is 4.74 Å². The van der Waals surface area contributed by atoms with Gasteiger partial charge >= 0.3 is 30.1 Å².